The number of rotatable bonds is 3. The van der Waals surface area contributed by atoms with Gasteiger partial charge in [-0.1, -0.05) is 6.08 Å². The molecule has 0 radical (unpaired) electrons. The molecule has 3 heteroatoms. The zero-order chi connectivity index (χ0) is 12.3. The van der Waals surface area contributed by atoms with Crippen LogP contribution >= 0.6 is 0 Å². The molecule has 1 unspecified atom stereocenters. The van der Waals surface area contributed by atoms with Crippen LogP contribution in [0.3, 0.4) is 0 Å². The molecule has 17 heavy (non-hydrogen) atoms. The van der Waals surface area contributed by atoms with Gasteiger partial charge in [0.25, 0.3) is 0 Å². The van der Waals surface area contributed by atoms with E-state index in [1.54, 1.807) is 14.2 Å². The average Bonchev–Trinajstić information content (AvgIpc) is 2.74. The van der Waals surface area contributed by atoms with Gasteiger partial charge in [-0.25, -0.2) is 0 Å². The fourth-order valence-electron chi connectivity index (χ4n) is 2.15. The monoisotopic (exact) mass is 234 g/mol. The predicted molar refractivity (Wildman–Crippen MR) is 67.4 cm³/mol. The normalized spacial score (nSPS) is 21.8. The van der Waals surface area contributed by atoms with Crippen molar-refractivity contribution in [2.75, 3.05) is 14.2 Å². The number of aliphatic hydroxyl groups excluding tert-OH is 1. The maximum Gasteiger partial charge on any atom is 0.123 e. The van der Waals surface area contributed by atoms with Crippen LogP contribution in [0.15, 0.2) is 23.8 Å². The summed E-state index contributed by atoms with van der Waals surface area (Å²) in [7, 11) is 3.27. The van der Waals surface area contributed by atoms with Gasteiger partial charge in [-0.2, -0.15) is 0 Å². The van der Waals surface area contributed by atoms with Gasteiger partial charge >= 0.3 is 0 Å². The highest BCUT2D eigenvalue weighted by molar-refractivity contribution is 5.58. The highest BCUT2D eigenvalue weighted by Crippen LogP contribution is 2.29. The van der Waals surface area contributed by atoms with Gasteiger partial charge in [0.05, 0.1) is 20.3 Å². The van der Waals surface area contributed by atoms with Crippen LogP contribution in [0.2, 0.25) is 0 Å². The summed E-state index contributed by atoms with van der Waals surface area (Å²) < 4.78 is 10.4. The third-order valence-electron chi connectivity index (χ3n) is 3.10. The average molecular weight is 234 g/mol. The van der Waals surface area contributed by atoms with E-state index in [9.17, 15) is 5.11 Å². The molecule has 1 aliphatic carbocycles. The first-order valence-corrected chi connectivity index (χ1v) is 5.84. The van der Waals surface area contributed by atoms with Gasteiger partial charge in [-0.3, -0.25) is 0 Å². The van der Waals surface area contributed by atoms with E-state index in [2.05, 4.69) is 0 Å². The SMILES string of the molecule is COc1cc(/C=C2\CCCC2O)cc(OC)c1. The molecule has 1 saturated carbocycles. The number of hydrogen-bond donors (Lipinski definition) is 1. The zero-order valence-corrected chi connectivity index (χ0v) is 10.3. The number of aliphatic hydroxyl groups is 1. The first-order chi connectivity index (χ1) is 8.22. The first-order valence-electron chi connectivity index (χ1n) is 5.84. The summed E-state index contributed by atoms with van der Waals surface area (Å²) in [6.45, 7) is 0. The summed E-state index contributed by atoms with van der Waals surface area (Å²) in [4.78, 5) is 0. The number of methoxy groups -OCH3 is 2. The Morgan fingerprint density at radius 3 is 2.29 bits per heavy atom. The summed E-state index contributed by atoms with van der Waals surface area (Å²) in [5.41, 5.74) is 2.11. The Bertz CT molecular complexity index is 401. The van der Waals surface area contributed by atoms with Gasteiger partial charge in [0.15, 0.2) is 0 Å². The van der Waals surface area contributed by atoms with Gasteiger partial charge < -0.3 is 14.6 Å². The number of ether oxygens (including phenoxy) is 2. The van der Waals surface area contributed by atoms with E-state index in [1.807, 2.05) is 24.3 Å². The highest BCUT2D eigenvalue weighted by atomic mass is 16.5. The second-order valence-electron chi connectivity index (χ2n) is 4.27. The minimum atomic E-state index is -0.285. The maximum atomic E-state index is 9.77. The Morgan fingerprint density at radius 2 is 1.82 bits per heavy atom. The molecular weight excluding hydrogens is 216 g/mol. The lowest BCUT2D eigenvalue weighted by atomic mass is 10.1. The molecule has 2 rings (SSSR count). The predicted octanol–water partition coefficient (Wildman–Crippen LogP) is 2.63. The molecule has 1 atom stereocenters. The van der Waals surface area contributed by atoms with Crippen LogP contribution in [0.4, 0.5) is 0 Å². The lowest BCUT2D eigenvalue weighted by Gasteiger charge is -2.08. The molecule has 1 aromatic carbocycles. The molecule has 1 aromatic rings. The van der Waals surface area contributed by atoms with Crippen LogP contribution in [0.25, 0.3) is 6.08 Å². The van der Waals surface area contributed by atoms with Crippen molar-refractivity contribution in [1.29, 1.82) is 0 Å². The zero-order valence-electron chi connectivity index (χ0n) is 10.3. The van der Waals surface area contributed by atoms with Crippen molar-refractivity contribution in [3.63, 3.8) is 0 Å². The molecule has 1 aliphatic rings. The first kappa shape index (κ1) is 12.0. The van der Waals surface area contributed by atoms with Crippen LogP contribution in [-0.4, -0.2) is 25.4 Å². The van der Waals surface area contributed by atoms with Crippen molar-refractivity contribution >= 4 is 6.08 Å². The van der Waals surface area contributed by atoms with E-state index in [1.165, 1.54) is 0 Å². The molecule has 0 aliphatic heterocycles. The van der Waals surface area contributed by atoms with E-state index in [0.29, 0.717) is 0 Å². The lowest BCUT2D eigenvalue weighted by Crippen LogP contribution is -2.00. The summed E-state index contributed by atoms with van der Waals surface area (Å²) in [6, 6.07) is 5.73. The van der Waals surface area contributed by atoms with Gasteiger partial charge in [0.2, 0.25) is 0 Å². The molecule has 0 spiro atoms. The van der Waals surface area contributed by atoms with Crippen LogP contribution in [0.1, 0.15) is 24.8 Å². The lowest BCUT2D eigenvalue weighted by molar-refractivity contribution is 0.219. The van der Waals surface area contributed by atoms with Gasteiger partial charge in [0.1, 0.15) is 11.5 Å². The van der Waals surface area contributed by atoms with Crippen molar-refractivity contribution in [2.24, 2.45) is 0 Å². The Morgan fingerprint density at radius 1 is 1.18 bits per heavy atom. The number of benzene rings is 1. The highest BCUT2D eigenvalue weighted by Gasteiger charge is 2.17. The van der Waals surface area contributed by atoms with Crippen LogP contribution in [0.5, 0.6) is 11.5 Å². The molecule has 0 amide bonds. The molecule has 3 nitrogen and oxygen atoms in total. The summed E-state index contributed by atoms with van der Waals surface area (Å²) in [5.74, 6) is 1.53. The number of hydrogen-bond acceptors (Lipinski definition) is 3. The van der Waals surface area contributed by atoms with Crippen molar-refractivity contribution in [1.82, 2.24) is 0 Å². The third kappa shape index (κ3) is 2.80. The van der Waals surface area contributed by atoms with Crippen LogP contribution in [-0.2, 0) is 0 Å². The Kier molecular flexibility index (Phi) is 3.69. The third-order valence-corrected chi connectivity index (χ3v) is 3.10. The van der Waals surface area contributed by atoms with Crippen molar-refractivity contribution in [3.8, 4) is 11.5 Å². The molecule has 0 bridgehead atoms. The Hall–Kier alpha value is -1.48. The van der Waals surface area contributed by atoms with Crippen molar-refractivity contribution in [3.05, 3.63) is 29.3 Å². The summed E-state index contributed by atoms with van der Waals surface area (Å²) >= 11 is 0. The molecular formula is C14H18O3. The molecule has 1 fully saturated rings. The van der Waals surface area contributed by atoms with Crippen LogP contribution in [0, 0.1) is 0 Å². The molecule has 0 heterocycles. The van der Waals surface area contributed by atoms with Gasteiger partial charge in [-0.15, -0.1) is 0 Å². The molecule has 92 valence electrons. The van der Waals surface area contributed by atoms with E-state index in [-0.39, 0.29) is 6.10 Å². The van der Waals surface area contributed by atoms with E-state index >= 15 is 0 Å². The minimum Gasteiger partial charge on any atom is -0.497 e. The topological polar surface area (TPSA) is 38.7 Å². The quantitative estimate of drug-likeness (QED) is 0.873. The van der Waals surface area contributed by atoms with Crippen LogP contribution < -0.4 is 9.47 Å². The minimum absolute atomic E-state index is 0.285. The van der Waals surface area contributed by atoms with E-state index in [0.717, 1.165) is 41.9 Å². The van der Waals surface area contributed by atoms with Crippen molar-refractivity contribution < 1.29 is 14.6 Å². The van der Waals surface area contributed by atoms with E-state index in [4.69, 9.17) is 9.47 Å². The smallest absolute Gasteiger partial charge is 0.123 e. The Balaban J connectivity index is 2.31. The fourth-order valence-corrected chi connectivity index (χ4v) is 2.15. The maximum absolute atomic E-state index is 9.77. The summed E-state index contributed by atoms with van der Waals surface area (Å²) in [5, 5.41) is 9.77. The van der Waals surface area contributed by atoms with E-state index < -0.39 is 0 Å². The summed E-state index contributed by atoms with van der Waals surface area (Å²) in [6.07, 6.45) is 4.65. The standard InChI is InChI=1S/C14H18O3/c1-16-12-7-10(8-13(9-12)17-2)6-11-4-3-5-14(11)15/h6-9,14-15H,3-5H2,1-2H3/b11-6+. The molecule has 0 saturated heterocycles. The van der Waals surface area contributed by atoms with Gasteiger partial charge in [0, 0.05) is 6.07 Å². The second kappa shape index (κ2) is 5.23. The largest absolute Gasteiger partial charge is 0.497 e. The van der Waals surface area contributed by atoms with Crippen molar-refractivity contribution in [2.45, 2.75) is 25.4 Å². The Labute approximate surface area is 102 Å². The fraction of sp³-hybridized carbons (Fsp3) is 0.429. The molecule has 0 aromatic heterocycles. The second-order valence-corrected chi connectivity index (χ2v) is 4.27. The molecule has 1 N–H and O–H groups in total. The van der Waals surface area contributed by atoms with Gasteiger partial charge in [-0.05, 0) is 42.5 Å².